The lowest BCUT2D eigenvalue weighted by atomic mass is 9.82. The van der Waals surface area contributed by atoms with Gasteiger partial charge in [0.1, 0.15) is 11.2 Å². The van der Waals surface area contributed by atoms with Crippen molar-refractivity contribution in [3.05, 3.63) is 151 Å². The Morgan fingerprint density at radius 3 is 2.20 bits per heavy atom. The van der Waals surface area contributed by atoms with Crippen LogP contribution in [0, 0.1) is 0 Å². The highest BCUT2D eigenvalue weighted by Gasteiger charge is 2.36. The van der Waals surface area contributed by atoms with Gasteiger partial charge < -0.3 is 8.98 Å². The molecule has 45 heavy (non-hydrogen) atoms. The quantitative estimate of drug-likeness (QED) is 0.200. The molecule has 2 heterocycles. The van der Waals surface area contributed by atoms with E-state index in [0.717, 1.165) is 11.2 Å². The van der Waals surface area contributed by atoms with E-state index >= 15 is 0 Å². The third kappa shape index (κ3) is 3.34. The summed E-state index contributed by atoms with van der Waals surface area (Å²) in [6.45, 7) is 4.64. The van der Waals surface area contributed by atoms with E-state index in [9.17, 15) is 0 Å². The molecule has 7 aromatic carbocycles. The number of aromatic nitrogens is 1. The number of rotatable bonds is 2. The molecule has 10 rings (SSSR count). The first-order valence-corrected chi connectivity index (χ1v) is 15.7. The van der Waals surface area contributed by atoms with Crippen LogP contribution in [0.4, 0.5) is 0 Å². The molecule has 0 bridgehead atoms. The van der Waals surface area contributed by atoms with Crippen LogP contribution in [0.25, 0.3) is 82.5 Å². The number of hydrogen-bond acceptors (Lipinski definition) is 1. The van der Waals surface area contributed by atoms with Gasteiger partial charge in [0, 0.05) is 32.6 Å². The summed E-state index contributed by atoms with van der Waals surface area (Å²) in [7, 11) is 0. The van der Waals surface area contributed by atoms with Gasteiger partial charge in [0.15, 0.2) is 0 Å². The highest BCUT2D eigenvalue weighted by molar-refractivity contribution is 6.16. The Kier molecular flexibility index (Phi) is 4.82. The molecule has 0 unspecified atom stereocenters. The van der Waals surface area contributed by atoms with E-state index in [2.05, 4.69) is 158 Å². The zero-order chi connectivity index (χ0) is 29.9. The largest absolute Gasteiger partial charge is 0.456 e. The minimum Gasteiger partial charge on any atom is -0.456 e. The second kappa shape index (κ2) is 8.74. The zero-order valence-corrected chi connectivity index (χ0v) is 25.1. The van der Waals surface area contributed by atoms with Gasteiger partial charge in [0.25, 0.3) is 0 Å². The number of furan rings is 1. The van der Waals surface area contributed by atoms with E-state index in [1.165, 1.54) is 82.4 Å². The molecule has 0 amide bonds. The van der Waals surface area contributed by atoms with Crippen molar-refractivity contribution in [2.24, 2.45) is 0 Å². The van der Waals surface area contributed by atoms with Crippen LogP contribution in [0.1, 0.15) is 25.0 Å². The molecule has 0 radical (unpaired) electrons. The third-order valence-electron chi connectivity index (χ3n) is 10.2. The minimum atomic E-state index is -0.0663. The van der Waals surface area contributed by atoms with E-state index in [4.69, 9.17) is 4.42 Å². The summed E-state index contributed by atoms with van der Waals surface area (Å²) in [6, 6.07) is 51.0. The SMILES string of the molecule is CC1(C)c2ccccc2-c2cc3c(cc21)oc1cccc(-c2ccc4c5ccccc5n(-c5ccc6ccccc6c5)c4c2)c13. The van der Waals surface area contributed by atoms with E-state index in [1.807, 2.05) is 0 Å². The number of para-hydroxylation sites is 1. The Hall–Kier alpha value is -5.60. The van der Waals surface area contributed by atoms with Crippen molar-refractivity contribution < 1.29 is 4.42 Å². The lowest BCUT2D eigenvalue weighted by molar-refractivity contribution is 0.647. The molecule has 2 nitrogen and oxygen atoms in total. The fraction of sp³-hybridized carbons (Fsp3) is 0.0698. The van der Waals surface area contributed by atoms with Crippen molar-refractivity contribution in [3.8, 4) is 27.9 Å². The van der Waals surface area contributed by atoms with Gasteiger partial charge in [0.05, 0.1) is 11.0 Å². The second-order valence-corrected chi connectivity index (χ2v) is 13.0. The number of hydrogen-bond donors (Lipinski definition) is 0. The Balaban J connectivity index is 1.24. The highest BCUT2D eigenvalue weighted by atomic mass is 16.3. The molecule has 212 valence electrons. The summed E-state index contributed by atoms with van der Waals surface area (Å²) in [4.78, 5) is 0. The molecule has 1 aliphatic carbocycles. The van der Waals surface area contributed by atoms with Crippen molar-refractivity contribution in [2.45, 2.75) is 19.3 Å². The average molecular weight is 576 g/mol. The van der Waals surface area contributed by atoms with Gasteiger partial charge in [-0.15, -0.1) is 0 Å². The maximum Gasteiger partial charge on any atom is 0.136 e. The smallest absolute Gasteiger partial charge is 0.136 e. The van der Waals surface area contributed by atoms with Crippen LogP contribution in [0.15, 0.2) is 144 Å². The Morgan fingerprint density at radius 1 is 0.489 bits per heavy atom. The minimum absolute atomic E-state index is 0.0663. The van der Waals surface area contributed by atoms with Gasteiger partial charge in [-0.3, -0.25) is 0 Å². The fourth-order valence-electron chi connectivity index (χ4n) is 7.99. The topological polar surface area (TPSA) is 18.1 Å². The molecule has 0 fully saturated rings. The van der Waals surface area contributed by atoms with E-state index in [1.54, 1.807) is 0 Å². The predicted octanol–water partition coefficient (Wildman–Crippen LogP) is 11.8. The second-order valence-electron chi connectivity index (χ2n) is 13.0. The van der Waals surface area contributed by atoms with Crippen molar-refractivity contribution in [1.29, 1.82) is 0 Å². The first-order chi connectivity index (χ1) is 22.1. The summed E-state index contributed by atoms with van der Waals surface area (Å²) < 4.78 is 9.01. The summed E-state index contributed by atoms with van der Waals surface area (Å²) in [5.74, 6) is 0. The van der Waals surface area contributed by atoms with Crippen LogP contribution in [-0.4, -0.2) is 4.57 Å². The molecule has 0 saturated carbocycles. The van der Waals surface area contributed by atoms with Crippen LogP contribution in [-0.2, 0) is 5.41 Å². The molecule has 0 saturated heterocycles. The van der Waals surface area contributed by atoms with Gasteiger partial charge in [-0.25, -0.2) is 0 Å². The highest BCUT2D eigenvalue weighted by Crippen LogP contribution is 2.51. The molecule has 1 aliphatic rings. The molecule has 2 heteroatoms. The van der Waals surface area contributed by atoms with Gasteiger partial charge in [-0.1, -0.05) is 111 Å². The molecule has 9 aromatic rings. The summed E-state index contributed by atoms with van der Waals surface area (Å²) >= 11 is 0. The maximum absolute atomic E-state index is 6.60. The Morgan fingerprint density at radius 2 is 1.27 bits per heavy atom. The van der Waals surface area contributed by atoms with Crippen LogP contribution < -0.4 is 0 Å². The van der Waals surface area contributed by atoms with Gasteiger partial charge >= 0.3 is 0 Å². The molecule has 0 spiro atoms. The standard InChI is InChI=1S/C43H29NO/c1-43(2)36-15-7-5-12-31(36)34-24-35-41(25-37(34)43)45-40-17-9-14-30(42(35)40)28-19-21-33-32-13-6-8-16-38(32)44(39(33)23-28)29-20-18-26-10-3-4-11-27(26)22-29/h3-25H,1-2H3. The van der Waals surface area contributed by atoms with Crippen molar-refractivity contribution in [2.75, 3.05) is 0 Å². The van der Waals surface area contributed by atoms with Crippen molar-refractivity contribution in [1.82, 2.24) is 4.57 Å². The Labute approximate surface area is 260 Å². The first kappa shape index (κ1) is 24.8. The third-order valence-corrected chi connectivity index (χ3v) is 10.2. The van der Waals surface area contributed by atoms with Crippen molar-refractivity contribution >= 4 is 54.5 Å². The van der Waals surface area contributed by atoms with Crippen LogP contribution in [0.2, 0.25) is 0 Å². The summed E-state index contributed by atoms with van der Waals surface area (Å²) in [5, 5.41) is 7.34. The fourth-order valence-corrected chi connectivity index (χ4v) is 7.99. The maximum atomic E-state index is 6.60. The van der Waals surface area contributed by atoms with Crippen molar-refractivity contribution in [3.63, 3.8) is 0 Å². The molecule has 2 aromatic heterocycles. The monoisotopic (exact) mass is 575 g/mol. The van der Waals surface area contributed by atoms with E-state index < -0.39 is 0 Å². The molecular weight excluding hydrogens is 546 g/mol. The molecule has 0 N–H and O–H groups in total. The van der Waals surface area contributed by atoms with Gasteiger partial charge in [-0.05, 0) is 86.6 Å². The zero-order valence-electron chi connectivity index (χ0n) is 25.1. The number of benzene rings is 7. The lowest BCUT2D eigenvalue weighted by Crippen LogP contribution is -2.14. The summed E-state index contributed by atoms with van der Waals surface area (Å²) in [6.07, 6.45) is 0. The normalized spacial score (nSPS) is 13.7. The predicted molar refractivity (Wildman–Crippen MR) is 189 cm³/mol. The van der Waals surface area contributed by atoms with E-state index in [0.29, 0.717) is 0 Å². The molecular formula is C43H29NO. The first-order valence-electron chi connectivity index (χ1n) is 15.7. The average Bonchev–Trinajstić information content (AvgIpc) is 3.69. The van der Waals surface area contributed by atoms with Crippen LogP contribution in [0.5, 0.6) is 0 Å². The Bertz CT molecular complexity index is 2680. The number of fused-ring (bicyclic) bond motifs is 10. The number of nitrogens with zero attached hydrogens (tertiary/aromatic N) is 1. The summed E-state index contributed by atoms with van der Waals surface area (Å²) in [5.41, 5.74) is 13.1. The molecule has 0 atom stereocenters. The van der Waals surface area contributed by atoms with Gasteiger partial charge in [0.2, 0.25) is 0 Å². The van der Waals surface area contributed by atoms with Crippen LogP contribution >= 0.6 is 0 Å². The lowest BCUT2D eigenvalue weighted by Gasteiger charge is -2.21. The van der Waals surface area contributed by atoms with Crippen LogP contribution in [0.3, 0.4) is 0 Å². The van der Waals surface area contributed by atoms with Gasteiger partial charge in [-0.2, -0.15) is 0 Å². The molecule has 0 aliphatic heterocycles. The van der Waals surface area contributed by atoms with E-state index in [-0.39, 0.29) is 5.41 Å².